The van der Waals surface area contributed by atoms with Crippen LogP contribution in [0.15, 0.2) is 24.3 Å². The minimum Gasteiger partial charge on any atom is -0.492 e. The maximum atomic E-state index is 6.05. The summed E-state index contributed by atoms with van der Waals surface area (Å²) < 4.78 is 5.69. The Morgan fingerprint density at radius 1 is 1.35 bits per heavy atom. The Morgan fingerprint density at radius 2 is 2.25 bits per heavy atom. The number of fused-ring (bicyclic) bond motifs is 1. The number of halogens is 1. The van der Waals surface area contributed by atoms with E-state index in [0.717, 1.165) is 38.1 Å². The molecule has 1 aliphatic rings. The molecule has 0 aliphatic carbocycles. The number of hydrogen-bond acceptors (Lipinski definition) is 4. The molecular formula is C15H17ClN2OS. The normalized spacial score (nSPS) is 14.1. The van der Waals surface area contributed by atoms with E-state index in [1.807, 2.05) is 35.6 Å². The predicted molar refractivity (Wildman–Crippen MR) is 82.8 cm³/mol. The SMILES string of the molecule is Clc1ccccc1OCCCc1nc2c(s1)CNCC2. The molecule has 0 saturated heterocycles. The van der Waals surface area contributed by atoms with E-state index in [4.69, 9.17) is 21.3 Å². The van der Waals surface area contributed by atoms with E-state index in [2.05, 4.69) is 5.32 Å². The lowest BCUT2D eigenvalue weighted by Crippen LogP contribution is -2.22. The van der Waals surface area contributed by atoms with Crippen LogP contribution in [0.2, 0.25) is 5.02 Å². The topological polar surface area (TPSA) is 34.1 Å². The summed E-state index contributed by atoms with van der Waals surface area (Å²) >= 11 is 7.88. The van der Waals surface area contributed by atoms with Gasteiger partial charge in [0.15, 0.2) is 0 Å². The van der Waals surface area contributed by atoms with Gasteiger partial charge < -0.3 is 10.1 Å². The first-order chi connectivity index (χ1) is 9.83. The van der Waals surface area contributed by atoms with Gasteiger partial charge in [0, 0.05) is 30.8 Å². The Hall–Kier alpha value is -1.10. The molecule has 0 spiro atoms. The van der Waals surface area contributed by atoms with Crippen LogP contribution in [-0.4, -0.2) is 18.1 Å². The van der Waals surface area contributed by atoms with Gasteiger partial charge in [0.1, 0.15) is 5.75 Å². The lowest BCUT2D eigenvalue weighted by molar-refractivity contribution is 0.311. The maximum Gasteiger partial charge on any atom is 0.137 e. The molecule has 0 amide bonds. The Labute approximate surface area is 127 Å². The number of benzene rings is 1. The van der Waals surface area contributed by atoms with E-state index in [-0.39, 0.29) is 0 Å². The maximum absolute atomic E-state index is 6.05. The van der Waals surface area contributed by atoms with E-state index >= 15 is 0 Å². The van der Waals surface area contributed by atoms with E-state index in [1.165, 1.54) is 15.6 Å². The third-order valence-corrected chi connectivity index (χ3v) is 4.75. The second-order valence-corrected chi connectivity index (χ2v) is 6.36. The van der Waals surface area contributed by atoms with Crippen LogP contribution in [0.5, 0.6) is 5.75 Å². The van der Waals surface area contributed by atoms with Crippen molar-refractivity contribution in [2.24, 2.45) is 0 Å². The molecule has 1 N–H and O–H groups in total. The number of hydrogen-bond donors (Lipinski definition) is 1. The average molecular weight is 309 g/mol. The molecule has 1 aromatic heterocycles. The number of nitrogens with one attached hydrogen (secondary N) is 1. The highest BCUT2D eigenvalue weighted by Gasteiger charge is 2.14. The van der Waals surface area contributed by atoms with Crippen molar-refractivity contribution < 1.29 is 4.74 Å². The summed E-state index contributed by atoms with van der Waals surface area (Å²) in [7, 11) is 0. The molecule has 1 aromatic carbocycles. The molecule has 0 radical (unpaired) electrons. The highest BCUT2D eigenvalue weighted by Crippen LogP contribution is 2.24. The van der Waals surface area contributed by atoms with Crippen molar-refractivity contribution in [1.82, 2.24) is 10.3 Å². The van der Waals surface area contributed by atoms with Crippen LogP contribution in [-0.2, 0) is 19.4 Å². The van der Waals surface area contributed by atoms with E-state index < -0.39 is 0 Å². The van der Waals surface area contributed by atoms with Gasteiger partial charge in [-0.1, -0.05) is 23.7 Å². The predicted octanol–water partition coefficient (Wildman–Crippen LogP) is 3.45. The van der Waals surface area contributed by atoms with Crippen molar-refractivity contribution in [3.8, 4) is 5.75 Å². The molecule has 0 saturated carbocycles. The Bertz CT molecular complexity index is 562. The van der Waals surface area contributed by atoms with Gasteiger partial charge in [-0.3, -0.25) is 0 Å². The van der Waals surface area contributed by atoms with Crippen LogP contribution < -0.4 is 10.1 Å². The average Bonchev–Trinajstić information content (AvgIpc) is 2.88. The number of rotatable bonds is 5. The van der Waals surface area contributed by atoms with Gasteiger partial charge in [0.25, 0.3) is 0 Å². The fraction of sp³-hybridized carbons (Fsp3) is 0.400. The number of thiazole rings is 1. The lowest BCUT2D eigenvalue weighted by atomic mass is 10.2. The molecule has 0 fully saturated rings. The van der Waals surface area contributed by atoms with Gasteiger partial charge in [-0.2, -0.15) is 0 Å². The fourth-order valence-electron chi connectivity index (χ4n) is 2.25. The first-order valence-corrected chi connectivity index (χ1v) is 8.08. The summed E-state index contributed by atoms with van der Waals surface area (Å²) in [5, 5.41) is 5.27. The molecule has 3 rings (SSSR count). The second-order valence-electron chi connectivity index (χ2n) is 4.79. The van der Waals surface area contributed by atoms with E-state index in [0.29, 0.717) is 11.6 Å². The zero-order valence-electron chi connectivity index (χ0n) is 11.2. The molecule has 0 unspecified atom stereocenters. The standard InChI is InChI=1S/C15H17ClN2OS/c16-11-4-1-2-5-13(11)19-9-3-6-15-18-12-7-8-17-10-14(12)20-15/h1-2,4-5,17H,3,6-10H2. The number of aromatic nitrogens is 1. The molecule has 2 aromatic rings. The van der Waals surface area contributed by atoms with Crippen molar-refractivity contribution in [2.75, 3.05) is 13.2 Å². The summed E-state index contributed by atoms with van der Waals surface area (Å²) in [4.78, 5) is 6.11. The minimum absolute atomic E-state index is 0.670. The van der Waals surface area contributed by atoms with Gasteiger partial charge in [0.2, 0.25) is 0 Å². The van der Waals surface area contributed by atoms with Crippen LogP contribution in [0.4, 0.5) is 0 Å². The third kappa shape index (κ3) is 3.32. The van der Waals surface area contributed by atoms with Crippen molar-refractivity contribution in [3.63, 3.8) is 0 Å². The van der Waals surface area contributed by atoms with Crippen molar-refractivity contribution in [1.29, 1.82) is 0 Å². The number of para-hydroxylation sites is 1. The zero-order valence-corrected chi connectivity index (χ0v) is 12.8. The van der Waals surface area contributed by atoms with Crippen LogP contribution in [0.25, 0.3) is 0 Å². The van der Waals surface area contributed by atoms with Crippen molar-refractivity contribution in [3.05, 3.63) is 44.9 Å². The van der Waals surface area contributed by atoms with Crippen LogP contribution in [0.3, 0.4) is 0 Å². The van der Waals surface area contributed by atoms with Crippen molar-refractivity contribution in [2.45, 2.75) is 25.8 Å². The molecule has 0 bridgehead atoms. The number of aryl methyl sites for hydroxylation is 1. The minimum atomic E-state index is 0.670. The molecule has 20 heavy (non-hydrogen) atoms. The molecular weight excluding hydrogens is 292 g/mol. The van der Waals surface area contributed by atoms with Crippen molar-refractivity contribution >= 4 is 22.9 Å². The van der Waals surface area contributed by atoms with Crippen LogP contribution >= 0.6 is 22.9 Å². The summed E-state index contributed by atoms with van der Waals surface area (Å²) in [6.07, 6.45) is 3.00. The van der Waals surface area contributed by atoms with Gasteiger partial charge >= 0.3 is 0 Å². The fourth-order valence-corrected chi connectivity index (χ4v) is 3.57. The van der Waals surface area contributed by atoms with E-state index in [9.17, 15) is 0 Å². The number of ether oxygens (including phenoxy) is 1. The summed E-state index contributed by atoms with van der Waals surface area (Å²) in [6, 6.07) is 7.58. The van der Waals surface area contributed by atoms with Crippen LogP contribution in [0, 0.1) is 0 Å². The number of nitrogens with zero attached hydrogens (tertiary/aromatic N) is 1. The summed E-state index contributed by atoms with van der Waals surface area (Å²) in [5.74, 6) is 0.761. The molecule has 3 nitrogen and oxygen atoms in total. The molecule has 2 heterocycles. The molecule has 1 aliphatic heterocycles. The molecule has 106 valence electrons. The Morgan fingerprint density at radius 3 is 3.10 bits per heavy atom. The quantitative estimate of drug-likeness (QED) is 0.859. The van der Waals surface area contributed by atoms with E-state index in [1.54, 1.807) is 0 Å². The lowest BCUT2D eigenvalue weighted by Gasteiger charge is -2.09. The second kappa shape index (κ2) is 6.57. The Balaban J connectivity index is 1.48. The summed E-state index contributed by atoms with van der Waals surface area (Å²) in [6.45, 7) is 2.70. The first-order valence-electron chi connectivity index (χ1n) is 6.88. The zero-order chi connectivity index (χ0) is 13.8. The Kier molecular flexibility index (Phi) is 4.55. The third-order valence-electron chi connectivity index (χ3n) is 3.28. The monoisotopic (exact) mass is 308 g/mol. The molecule has 5 heteroatoms. The van der Waals surface area contributed by atoms with Gasteiger partial charge in [-0.15, -0.1) is 11.3 Å². The summed E-state index contributed by atoms with van der Waals surface area (Å²) in [5.41, 5.74) is 1.29. The first kappa shape index (κ1) is 13.9. The molecule has 0 atom stereocenters. The smallest absolute Gasteiger partial charge is 0.137 e. The largest absolute Gasteiger partial charge is 0.492 e. The van der Waals surface area contributed by atoms with Gasteiger partial charge in [0.05, 0.1) is 22.3 Å². The van der Waals surface area contributed by atoms with Crippen LogP contribution in [0.1, 0.15) is 22.0 Å². The highest BCUT2D eigenvalue weighted by atomic mass is 35.5. The van der Waals surface area contributed by atoms with Gasteiger partial charge in [-0.25, -0.2) is 4.98 Å². The highest BCUT2D eigenvalue weighted by molar-refractivity contribution is 7.11. The van der Waals surface area contributed by atoms with Gasteiger partial charge in [-0.05, 0) is 18.6 Å².